The number of halogens is 1. The monoisotopic (exact) mass is 719 g/mol. The first-order valence-electron chi connectivity index (χ1n) is 15.5. The van der Waals surface area contributed by atoms with Crippen molar-refractivity contribution in [2.75, 3.05) is 18.0 Å². The van der Waals surface area contributed by atoms with Crippen LogP contribution in [-0.4, -0.2) is 50.9 Å². The largest absolute Gasteiger partial charge is 0.495 e. The first-order chi connectivity index (χ1) is 22.4. The third kappa shape index (κ3) is 9.23. The van der Waals surface area contributed by atoms with E-state index >= 15 is 0 Å². The molecule has 0 aliphatic carbocycles. The molecule has 1 N–H and O–H groups in total. The molecular weight excluding hydrogens is 678 g/mol. The molecule has 0 saturated heterocycles. The molecule has 248 valence electrons. The average molecular weight is 721 g/mol. The fraction of sp³-hybridized carbons (Fsp3) is 0.297. The van der Waals surface area contributed by atoms with Crippen LogP contribution in [0, 0.1) is 13.8 Å². The van der Waals surface area contributed by atoms with Gasteiger partial charge in [0.15, 0.2) is 0 Å². The number of rotatable bonds is 14. The van der Waals surface area contributed by atoms with Gasteiger partial charge in [-0.3, -0.25) is 13.9 Å². The number of sulfonamides is 1. The van der Waals surface area contributed by atoms with E-state index in [1.165, 1.54) is 24.1 Å². The van der Waals surface area contributed by atoms with Crippen molar-refractivity contribution in [3.63, 3.8) is 0 Å². The molecule has 0 unspecified atom stereocenters. The van der Waals surface area contributed by atoms with Crippen molar-refractivity contribution in [1.82, 2.24) is 10.2 Å². The SMILES string of the molecule is CC[C@@H](C)NC(=O)[C@@H](Cc1ccccc1)N(Cc1cccc(Br)c1)C(=O)CN(c1cc(C)ccc1OC)S(=O)(=O)c1ccc(C)cc1. The average Bonchev–Trinajstić information content (AvgIpc) is 3.05. The number of ether oxygens (including phenoxy) is 1. The smallest absolute Gasteiger partial charge is 0.264 e. The Morgan fingerprint density at radius 1 is 0.872 bits per heavy atom. The van der Waals surface area contributed by atoms with Crippen molar-refractivity contribution < 1.29 is 22.7 Å². The molecule has 0 heterocycles. The van der Waals surface area contributed by atoms with Crippen LogP contribution in [0.5, 0.6) is 5.75 Å². The molecule has 10 heteroatoms. The topological polar surface area (TPSA) is 96.0 Å². The fourth-order valence-corrected chi connectivity index (χ4v) is 7.04. The number of nitrogens with one attached hydrogen (secondary N) is 1. The molecule has 8 nitrogen and oxygen atoms in total. The Hall–Kier alpha value is -4.15. The van der Waals surface area contributed by atoms with Gasteiger partial charge in [0.05, 0.1) is 17.7 Å². The first kappa shape index (κ1) is 35.7. The second kappa shape index (κ2) is 16.1. The minimum atomic E-state index is -4.26. The maximum atomic E-state index is 14.7. The van der Waals surface area contributed by atoms with Crippen LogP contribution in [0.2, 0.25) is 0 Å². The molecule has 2 atom stereocenters. The van der Waals surface area contributed by atoms with Gasteiger partial charge in [0, 0.05) is 23.5 Å². The molecule has 0 aliphatic rings. The number of carbonyl (C=O) groups excluding carboxylic acids is 2. The van der Waals surface area contributed by atoms with Gasteiger partial charge in [-0.1, -0.05) is 89.1 Å². The summed E-state index contributed by atoms with van der Waals surface area (Å²) in [7, 11) is -2.80. The number of hydrogen-bond acceptors (Lipinski definition) is 5. The van der Waals surface area contributed by atoms with Crippen LogP contribution in [0.4, 0.5) is 5.69 Å². The highest BCUT2D eigenvalue weighted by molar-refractivity contribution is 9.10. The van der Waals surface area contributed by atoms with Gasteiger partial charge in [-0.05, 0) is 80.3 Å². The lowest BCUT2D eigenvalue weighted by molar-refractivity contribution is -0.140. The van der Waals surface area contributed by atoms with Crippen LogP contribution >= 0.6 is 15.9 Å². The zero-order valence-electron chi connectivity index (χ0n) is 27.4. The van der Waals surface area contributed by atoms with Gasteiger partial charge < -0.3 is 15.0 Å². The lowest BCUT2D eigenvalue weighted by Crippen LogP contribution is -2.54. The molecule has 0 spiro atoms. The number of amides is 2. The van der Waals surface area contributed by atoms with Crippen molar-refractivity contribution in [3.8, 4) is 5.75 Å². The van der Waals surface area contributed by atoms with Gasteiger partial charge in [0.1, 0.15) is 18.3 Å². The molecule has 4 aromatic carbocycles. The van der Waals surface area contributed by atoms with Gasteiger partial charge in [-0.25, -0.2) is 8.42 Å². The third-order valence-electron chi connectivity index (χ3n) is 8.00. The van der Waals surface area contributed by atoms with Crippen molar-refractivity contribution >= 4 is 43.5 Å². The highest BCUT2D eigenvalue weighted by Gasteiger charge is 2.36. The Bertz CT molecular complexity index is 1780. The molecule has 4 rings (SSSR count). The van der Waals surface area contributed by atoms with E-state index in [0.29, 0.717) is 12.2 Å². The number of benzene rings is 4. The number of aryl methyl sites for hydroxylation is 2. The Morgan fingerprint density at radius 3 is 2.17 bits per heavy atom. The van der Waals surface area contributed by atoms with Crippen molar-refractivity contribution in [2.45, 2.75) is 64.1 Å². The maximum Gasteiger partial charge on any atom is 0.264 e. The molecule has 0 aromatic heterocycles. The van der Waals surface area contributed by atoms with Crippen LogP contribution in [0.15, 0.2) is 106 Å². The zero-order chi connectivity index (χ0) is 34.1. The zero-order valence-corrected chi connectivity index (χ0v) is 29.8. The van der Waals surface area contributed by atoms with E-state index in [9.17, 15) is 18.0 Å². The van der Waals surface area contributed by atoms with Gasteiger partial charge in [-0.2, -0.15) is 0 Å². The van der Waals surface area contributed by atoms with E-state index in [0.717, 1.165) is 31.0 Å². The summed E-state index contributed by atoms with van der Waals surface area (Å²) in [4.78, 5) is 30.2. The summed E-state index contributed by atoms with van der Waals surface area (Å²) in [6, 6.07) is 27.6. The Morgan fingerprint density at radius 2 is 1.53 bits per heavy atom. The van der Waals surface area contributed by atoms with E-state index in [1.54, 1.807) is 24.3 Å². The highest BCUT2D eigenvalue weighted by atomic mass is 79.9. The summed E-state index contributed by atoms with van der Waals surface area (Å²) in [6.45, 7) is 7.12. The Labute approximate surface area is 286 Å². The van der Waals surface area contributed by atoms with E-state index in [4.69, 9.17) is 4.74 Å². The number of methoxy groups -OCH3 is 1. The number of anilines is 1. The van der Waals surface area contributed by atoms with Gasteiger partial charge in [-0.15, -0.1) is 0 Å². The summed E-state index contributed by atoms with van der Waals surface area (Å²) >= 11 is 3.52. The molecule has 0 radical (unpaired) electrons. The summed E-state index contributed by atoms with van der Waals surface area (Å²) in [5.41, 5.74) is 3.57. The lowest BCUT2D eigenvalue weighted by atomic mass is 10.0. The molecule has 0 saturated carbocycles. The third-order valence-corrected chi connectivity index (χ3v) is 10.3. The molecule has 0 bridgehead atoms. The molecule has 0 aliphatic heterocycles. The molecule has 4 aromatic rings. The van der Waals surface area contributed by atoms with Crippen LogP contribution in [-0.2, 0) is 32.6 Å². The van der Waals surface area contributed by atoms with E-state index < -0.39 is 28.5 Å². The Kier molecular flexibility index (Phi) is 12.2. The molecule has 2 amide bonds. The number of carbonyl (C=O) groups is 2. The van der Waals surface area contributed by atoms with Crippen molar-refractivity contribution in [2.24, 2.45) is 0 Å². The van der Waals surface area contributed by atoms with Gasteiger partial charge in [0.2, 0.25) is 11.8 Å². The van der Waals surface area contributed by atoms with Gasteiger partial charge in [0.25, 0.3) is 10.0 Å². The van der Waals surface area contributed by atoms with E-state index in [2.05, 4.69) is 21.2 Å². The quantitative estimate of drug-likeness (QED) is 0.154. The minimum Gasteiger partial charge on any atom is -0.495 e. The highest BCUT2D eigenvalue weighted by Crippen LogP contribution is 2.34. The predicted molar refractivity (Wildman–Crippen MR) is 190 cm³/mol. The summed E-state index contributed by atoms with van der Waals surface area (Å²) in [5, 5.41) is 3.06. The van der Waals surface area contributed by atoms with E-state index in [1.807, 2.05) is 88.4 Å². The van der Waals surface area contributed by atoms with Crippen molar-refractivity contribution in [1.29, 1.82) is 0 Å². The molecule has 0 fully saturated rings. The minimum absolute atomic E-state index is 0.0355. The van der Waals surface area contributed by atoms with Crippen LogP contribution < -0.4 is 14.4 Å². The summed E-state index contributed by atoms with van der Waals surface area (Å²) in [5.74, 6) is -0.551. The molecular formula is C37H42BrN3O5S. The maximum absolute atomic E-state index is 14.7. The van der Waals surface area contributed by atoms with Crippen LogP contribution in [0.1, 0.15) is 42.5 Å². The van der Waals surface area contributed by atoms with Crippen LogP contribution in [0.3, 0.4) is 0 Å². The summed E-state index contributed by atoms with van der Waals surface area (Å²) in [6.07, 6.45) is 0.945. The predicted octanol–water partition coefficient (Wildman–Crippen LogP) is 6.82. The first-order valence-corrected chi connectivity index (χ1v) is 17.8. The van der Waals surface area contributed by atoms with Gasteiger partial charge >= 0.3 is 0 Å². The van der Waals surface area contributed by atoms with Crippen molar-refractivity contribution in [3.05, 3.63) is 124 Å². The second-order valence-electron chi connectivity index (χ2n) is 11.7. The second-order valence-corrected chi connectivity index (χ2v) is 14.5. The fourth-order valence-electron chi connectivity index (χ4n) is 5.17. The number of hydrogen-bond donors (Lipinski definition) is 1. The van der Waals surface area contributed by atoms with E-state index in [-0.39, 0.29) is 35.5 Å². The van der Waals surface area contributed by atoms with Crippen LogP contribution in [0.25, 0.3) is 0 Å². The standard InChI is InChI=1S/C37H42BrN3O5S/c1-6-28(4)39-37(43)34(23-29-11-8-7-9-12-29)40(24-30-13-10-14-31(38)22-30)36(42)25-41(33-21-27(3)17-20-35(33)46-5)47(44,45)32-18-15-26(2)16-19-32/h7-22,28,34H,6,23-25H2,1-5H3,(H,39,43)/t28-,34-/m1/s1. The number of nitrogens with zero attached hydrogens (tertiary/aromatic N) is 2. The molecule has 47 heavy (non-hydrogen) atoms. The lowest BCUT2D eigenvalue weighted by Gasteiger charge is -2.34. The summed E-state index contributed by atoms with van der Waals surface area (Å²) < 4.78 is 36.3. The Balaban J connectivity index is 1.86. The normalized spacial score (nSPS) is 12.6.